The van der Waals surface area contributed by atoms with Crippen LogP contribution in [0.4, 0.5) is 5.69 Å². The van der Waals surface area contributed by atoms with Gasteiger partial charge in [0.15, 0.2) is 0 Å². The minimum Gasteiger partial charge on any atom is -0.325 e. The van der Waals surface area contributed by atoms with Gasteiger partial charge >= 0.3 is 0 Å². The molecule has 1 aliphatic rings. The predicted molar refractivity (Wildman–Crippen MR) is 83.9 cm³/mol. The van der Waals surface area contributed by atoms with Crippen LogP contribution in [-0.2, 0) is 4.79 Å². The van der Waals surface area contributed by atoms with Gasteiger partial charge < -0.3 is 10.2 Å². The fourth-order valence-corrected chi connectivity index (χ4v) is 2.55. The Hall–Kier alpha value is -1.86. The zero-order valence-electron chi connectivity index (χ0n) is 12.6. The minimum absolute atomic E-state index is 0.00931. The summed E-state index contributed by atoms with van der Waals surface area (Å²) in [5, 5.41) is 11.8. The van der Waals surface area contributed by atoms with Crippen molar-refractivity contribution in [3.8, 4) is 6.07 Å². The highest BCUT2D eigenvalue weighted by molar-refractivity contribution is 5.92. The molecule has 112 valence electrons. The first-order valence-corrected chi connectivity index (χ1v) is 7.77. The van der Waals surface area contributed by atoms with Gasteiger partial charge in [-0.3, -0.25) is 4.79 Å². The molecule has 21 heavy (non-hydrogen) atoms. The van der Waals surface area contributed by atoms with E-state index >= 15 is 0 Å². The SMILES string of the molecule is CCCN(CCCC(=O)Nc1ccccc1C#N)C1CC1. The maximum atomic E-state index is 12.0. The van der Waals surface area contributed by atoms with Crippen LogP contribution in [0.3, 0.4) is 0 Å². The van der Waals surface area contributed by atoms with Crippen LogP contribution in [0.15, 0.2) is 24.3 Å². The Morgan fingerprint density at radius 1 is 1.38 bits per heavy atom. The molecule has 0 unspecified atom stereocenters. The average Bonchev–Trinajstić information content (AvgIpc) is 3.31. The van der Waals surface area contributed by atoms with Gasteiger partial charge in [0.1, 0.15) is 6.07 Å². The molecule has 1 aromatic rings. The number of anilines is 1. The van der Waals surface area contributed by atoms with Crippen molar-refractivity contribution in [2.24, 2.45) is 0 Å². The third-order valence-electron chi connectivity index (χ3n) is 3.74. The monoisotopic (exact) mass is 285 g/mol. The molecule has 1 saturated carbocycles. The van der Waals surface area contributed by atoms with Gasteiger partial charge in [-0.15, -0.1) is 0 Å². The summed E-state index contributed by atoms with van der Waals surface area (Å²) in [7, 11) is 0. The second-order valence-electron chi connectivity index (χ2n) is 5.58. The van der Waals surface area contributed by atoms with Gasteiger partial charge in [-0.05, 0) is 50.9 Å². The van der Waals surface area contributed by atoms with Gasteiger partial charge in [0.2, 0.25) is 5.91 Å². The molecule has 0 spiro atoms. The molecule has 0 aromatic heterocycles. The van der Waals surface area contributed by atoms with Crippen molar-refractivity contribution in [1.29, 1.82) is 5.26 Å². The van der Waals surface area contributed by atoms with E-state index in [0.717, 1.165) is 32.0 Å². The lowest BCUT2D eigenvalue weighted by molar-refractivity contribution is -0.116. The van der Waals surface area contributed by atoms with E-state index in [0.29, 0.717) is 17.7 Å². The van der Waals surface area contributed by atoms with E-state index in [-0.39, 0.29) is 5.91 Å². The summed E-state index contributed by atoms with van der Waals surface area (Å²) in [6, 6.07) is 9.95. The van der Waals surface area contributed by atoms with Crippen molar-refractivity contribution in [2.75, 3.05) is 18.4 Å². The smallest absolute Gasteiger partial charge is 0.224 e. The van der Waals surface area contributed by atoms with E-state index in [9.17, 15) is 4.79 Å². The Bertz CT molecular complexity index is 517. The molecule has 1 aliphatic carbocycles. The number of carbonyl (C=O) groups is 1. The van der Waals surface area contributed by atoms with Crippen LogP contribution < -0.4 is 5.32 Å². The molecule has 2 rings (SSSR count). The number of hydrogen-bond acceptors (Lipinski definition) is 3. The van der Waals surface area contributed by atoms with Gasteiger partial charge in [0, 0.05) is 12.5 Å². The lowest BCUT2D eigenvalue weighted by Gasteiger charge is -2.20. The molecule has 1 N–H and O–H groups in total. The molecule has 0 bridgehead atoms. The fourth-order valence-electron chi connectivity index (χ4n) is 2.55. The van der Waals surface area contributed by atoms with Gasteiger partial charge in [0.05, 0.1) is 11.3 Å². The molecule has 4 heteroatoms. The first-order chi connectivity index (χ1) is 10.2. The van der Waals surface area contributed by atoms with Crippen LogP contribution in [0.5, 0.6) is 0 Å². The van der Waals surface area contributed by atoms with Crippen LogP contribution in [-0.4, -0.2) is 29.9 Å². The molecule has 0 saturated heterocycles. The van der Waals surface area contributed by atoms with Crippen LogP contribution in [0.25, 0.3) is 0 Å². The van der Waals surface area contributed by atoms with E-state index in [1.165, 1.54) is 12.8 Å². The highest BCUT2D eigenvalue weighted by Crippen LogP contribution is 2.27. The number of carbonyl (C=O) groups excluding carboxylic acids is 1. The quantitative estimate of drug-likeness (QED) is 0.798. The van der Waals surface area contributed by atoms with E-state index in [2.05, 4.69) is 23.2 Å². The van der Waals surface area contributed by atoms with E-state index in [1.807, 2.05) is 6.07 Å². The van der Waals surface area contributed by atoms with E-state index < -0.39 is 0 Å². The van der Waals surface area contributed by atoms with Crippen molar-refractivity contribution in [3.63, 3.8) is 0 Å². The number of para-hydroxylation sites is 1. The zero-order chi connectivity index (χ0) is 15.1. The van der Waals surface area contributed by atoms with Crippen LogP contribution >= 0.6 is 0 Å². The summed E-state index contributed by atoms with van der Waals surface area (Å²) in [4.78, 5) is 14.5. The molecule has 1 aromatic carbocycles. The molecular weight excluding hydrogens is 262 g/mol. The first-order valence-electron chi connectivity index (χ1n) is 7.77. The fraction of sp³-hybridized carbons (Fsp3) is 0.529. The normalized spacial score (nSPS) is 14.0. The molecule has 1 fully saturated rings. The highest BCUT2D eigenvalue weighted by Gasteiger charge is 2.27. The topological polar surface area (TPSA) is 56.1 Å². The second-order valence-corrected chi connectivity index (χ2v) is 5.58. The van der Waals surface area contributed by atoms with Crippen LogP contribution in [0, 0.1) is 11.3 Å². The maximum Gasteiger partial charge on any atom is 0.224 e. The van der Waals surface area contributed by atoms with Gasteiger partial charge in [-0.25, -0.2) is 0 Å². The Labute approximate surface area is 126 Å². The van der Waals surface area contributed by atoms with E-state index in [4.69, 9.17) is 5.26 Å². The number of nitrogens with zero attached hydrogens (tertiary/aromatic N) is 2. The molecule has 0 radical (unpaired) electrons. The minimum atomic E-state index is -0.00931. The number of amides is 1. The van der Waals surface area contributed by atoms with Crippen molar-refractivity contribution in [3.05, 3.63) is 29.8 Å². The Balaban J connectivity index is 1.75. The van der Waals surface area contributed by atoms with Crippen molar-refractivity contribution < 1.29 is 4.79 Å². The largest absolute Gasteiger partial charge is 0.325 e. The summed E-state index contributed by atoms with van der Waals surface area (Å²) < 4.78 is 0. The molecule has 4 nitrogen and oxygen atoms in total. The third-order valence-corrected chi connectivity index (χ3v) is 3.74. The van der Waals surface area contributed by atoms with Gasteiger partial charge in [0.25, 0.3) is 0 Å². The zero-order valence-corrected chi connectivity index (χ0v) is 12.6. The van der Waals surface area contributed by atoms with Gasteiger partial charge in [-0.1, -0.05) is 19.1 Å². The number of hydrogen-bond donors (Lipinski definition) is 1. The van der Waals surface area contributed by atoms with Crippen molar-refractivity contribution in [2.45, 2.75) is 45.1 Å². The van der Waals surface area contributed by atoms with Crippen molar-refractivity contribution >= 4 is 11.6 Å². The standard InChI is InChI=1S/C17H23N3O/c1-2-11-20(15-9-10-15)12-5-8-17(21)19-16-7-4-3-6-14(16)13-18/h3-4,6-7,15H,2,5,8-12H2,1H3,(H,19,21). The molecular formula is C17H23N3O. The summed E-state index contributed by atoms with van der Waals surface area (Å²) in [6.45, 7) is 4.32. The first kappa shape index (κ1) is 15.5. The number of nitrogens with one attached hydrogen (secondary N) is 1. The number of benzene rings is 1. The third kappa shape index (κ3) is 4.87. The lowest BCUT2D eigenvalue weighted by atomic mass is 10.2. The Morgan fingerprint density at radius 3 is 2.81 bits per heavy atom. The molecule has 1 amide bonds. The maximum absolute atomic E-state index is 12.0. The van der Waals surface area contributed by atoms with Crippen molar-refractivity contribution in [1.82, 2.24) is 4.90 Å². The summed E-state index contributed by atoms with van der Waals surface area (Å²) in [5.74, 6) is -0.00931. The van der Waals surface area contributed by atoms with Crippen LogP contribution in [0.1, 0.15) is 44.6 Å². The predicted octanol–water partition coefficient (Wildman–Crippen LogP) is 3.15. The molecule has 0 aliphatic heterocycles. The second kappa shape index (κ2) is 7.80. The Morgan fingerprint density at radius 2 is 2.14 bits per heavy atom. The lowest BCUT2D eigenvalue weighted by Crippen LogP contribution is -2.28. The molecule has 0 atom stereocenters. The number of nitriles is 1. The summed E-state index contributed by atoms with van der Waals surface area (Å²) >= 11 is 0. The van der Waals surface area contributed by atoms with Crippen LogP contribution in [0.2, 0.25) is 0 Å². The van der Waals surface area contributed by atoms with E-state index in [1.54, 1.807) is 18.2 Å². The van der Waals surface area contributed by atoms with Gasteiger partial charge in [-0.2, -0.15) is 5.26 Å². The molecule has 0 heterocycles. The summed E-state index contributed by atoms with van der Waals surface area (Å²) in [6.07, 6.45) is 5.16. The Kier molecular flexibility index (Phi) is 5.77. The summed E-state index contributed by atoms with van der Waals surface area (Å²) in [5.41, 5.74) is 1.12. The average molecular weight is 285 g/mol. The number of rotatable bonds is 8. The highest BCUT2D eigenvalue weighted by atomic mass is 16.1.